The Balaban J connectivity index is 1.49. The number of thiazole rings is 1. The normalized spacial score (nSPS) is 16.5. The van der Waals surface area contributed by atoms with Crippen LogP contribution in [0.3, 0.4) is 0 Å². The van der Waals surface area contributed by atoms with E-state index >= 15 is 0 Å². The number of phenolic OH excluding ortho intramolecular Hbond substituents is 1. The van der Waals surface area contributed by atoms with Crippen molar-refractivity contribution in [3.05, 3.63) is 24.0 Å². The molecule has 1 N–H and O–H groups in total. The van der Waals surface area contributed by atoms with Crippen LogP contribution in [0.2, 0.25) is 0 Å². The zero-order valence-corrected chi connectivity index (χ0v) is 17.2. The third kappa shape index (κ3) is 2.79. The first-order valence-electron chi connectivity index (χ1n) is 9.78. The molecule has 1 aliphatic rings. The molecule has 0 bridgehead atoms. The van der Waals surface area contributed by atoms with Gasteiger partial charge in [-0.3, -0.25) is 9.36 Å². The largest absolute Gasteiger partial charge is 0.507 e. The minimum absolute atomic E-state index is 0.252. The molecule has 5 rings (SSSR count). The van der Waals surface area contributed by atoms with Crippen LogP contribution < -0.4 is 0 Å². The van der Waals surface area contributed by atoms with Crippen LogP contribution in [0.15, 0.2) is 18.5 Å². The van der Waals surface area contributed by atoms with Crippen molar-refractivity contribution in [2.45, 2.75) is 32.7 Å². The number of phenols is 1. The second-order valence-electron chi connectivity index (χ2n) is 7.62. The van der Waals surface area contributed by atoms with E-state index in [0.717, 1.165) is 69.9 Å². The molecule has 1 aliphatic heterocycles. The molecule has 4 heterocycles. The van der Waals surface area contributed by atoms with E-state index in [1.165, 1.54) is 11.3 Å². The predicted molar refractivity (Wildman–Crippen MR) is 112 cm³/mol. The molecule has 1 saturated heterocycles. The summed E-state index contributed by atoms with van der Waals surface area (Å²) in [5.41, 5.74) is 3.27. The van der Waals surface area contributed by atoms with E-state index in [9.17, 15) is 5.11 Å². The van der Waals surface area contributed by atoms with Crippen molar-refractivity contribution in [2.75, 3.05) is 19.6 Å². The molecule has 3 aromatic heterocycles. The van der Waals surface area contributed by atoms with Gasteiger partial charge in [0, 0.05) is 37.3 Å². The SMILES string of the molecule is CCN1CCC(n2cc3nc(-c4cc5cn(C)nc5c(C)c4O)sc3n2)CC1. The van der Waals surface area contributed by atoms with Gasteiger partial charge in [0.15, 0.2) is 4.83 Å². The molecule has 4 aromatic rings. The molecule has 8 heteroatoms. The van der Waals surface area contributed by atoms with E-state index in [2.05, 4.69) is 27.8 Å². The molecule has 0 amide bonds. The van der Waals surface area contributed by atoms with Crippen molar-refractivity contribution in [1.29, 1.82) is 0 Å². The highest BCUT2D eigenvalue weighted by molar-refractivity contribution is 7.21. The van der Waals surface area contributed by atoms with Crippen LogP contribution in [0.1, 0.15) is 31.4 Å². The Hall–Kier alpha value is -2.45. The minimum atomic E-state index is 0.252. The van der Waals surface area contributed by atoms with Gasteiger partial charge in [-0.25, -0.2) is 4.98 Å². The number of hydrogen-bond donors (Lipinski definition) is 1. The zero-order chi connectivity index (χ0) is 19.4. The molecule has 0 radical (unpaired) electrons. The average Bonchev–Trinajstić information content (AvgIpc) is 3.37. The number of benzene rings is 1. The first kappa shape index (κ1) is 17.6. The van der Waals surface area contributed by atoms with Crippen LogP contribution in [0.5, 0.6) is 5.75 Å². The molecule has 0 saturated carbocycles. The van der Waals surface area contributed by atoms with E-state index < -0.39 is 0 Å². The highest BCUT2D eigenvalue weighted by atomic mass is 32.1. The van der Waals surface area contributed by atoms with Gasteiger partial charge in [0.2, 0.25) is 0 Å². The summed E-state index contributed by atoms with van der Waals surface area (Å²) in [6.07, 6.45) is 6.29. The Kier molecular flexibility index (Phi) is 4.13. The van der Waals surface area contributed by atoms with Gasteiger partial charge >= 0.3 is 0 Å². The van der Waals surface area contributed by atoms with Crippen molar-refractivity contribution in [2.24, 2.45) is 7.05 Å². The van der Waals surface area contributed by atoms with E-state index in [1.807, 2.05) is 26.2 Å². The topological polar surface area (TPSA) is 72.0 Å². The Morgan fingerprint density at radius 2 is 2.00 bits per heavy atom. The molecule has 0 atom stereocenters. The number of aromatic nitrogens is 5. The number of likely N-dealkylation sites (tertiary alicyclic amines) is 1. The Labute approximate surface area is 167 Å². The smallest absolute Gasteiger partial charge is 0.166 e. The monoisotopic (exact) mass is 396 g/mol. The van der Waals surface area contributed by atoms with E-state index in [1.54, 1.807) is 4.68 Å². The van der Waals surface area contributed by atoms with Crippen LogP contribution in [0.4, 0.5) is 0 Å². The van der Waals surface area contributed by atoms with Gasteiger partial charge in [-0.1, -0.05) is 18.3 Å². The lowest BCUT2D eigenvalue weighted by Crippen LogP contribution is -2.34. The molecule has 0 spiro atoms. The van der Waals surface area contributed by atoms with E-state index in [0.29, 0.717) is 6.04 Å². The molecule has 0 aliphatic carbocycles. The first-order chi connectivity index (χ1) is 13.5. The molecule has 1 aromatic carbocycles. The van der Waals surface area contributed by atoms with E-state index in [4.69, 9.17) is 10.1 Å². The molecule has 146 valence electrons. The van der Waals surface area contributed by atoms with Gasteiger partial charge in [-0.15, -0.1) is 0 Å². The van der Waals surface area contributed by atoms with Crippen molar-refractivity contribution in [3.63, 3.8) is 0 Å². The molecular formula is C20H24N6OS. The second kappa shape index (κ2) is 6.56. The maximum absolute atomic E-state index is 10.7. The van der Waals surface area contributed by atoms with Gasteiger partial charge in [0.1, 0.15) is 16.3 Å². The Morgan fingerprint density at radius 3 is 2.71 bits per heavy atom. The quantitative estimate of drug-likeness (QED) is 0.571. The van der Waals surface area contributed by atoms with Gasteiger partial charge in [0.05, 0.1) is 23.3 Å². The highest BCUT2D eigenvalue weighted by Crippen LogP contribution is 2.40. The number of piperidine rings is 1. The summed E-state index contributed by atoms with van der Waals surface area (Å²) in [6.45, 7) is 7.50. The van der Waals surface area contributed by atoms with Crippen LogP contribution in [-0.2, 0) is 7.05 Å². The van der Waals surface area contributed by atoms with Crippen molar-refractivity contribution >= 4 is 32.6 Å². The standard InChI is InChI=1S/C20H24N6OS/c1-4-25-7-5-14(6-8-25)26-11-16-20(23-26)28-19(21-16)15-9-13-10-24(3)22-17(13)12(2)18(15)27/h9-11,14,27H,4-8H2,1-3H3. The van der Waals surface area contributed by atoms with Crippen LogP contribution >= 0.6 is 11.3 Å². The minimum Gasteiger partial charge on any atom is -0.507 e. The van der Waals surface area contributed by atoms with Gasteiger partial charge in [0.25, 0.3) is 0 Å². The second-order valence-corrected chi connectivity index (χ2v) is 8.60. The summed E-state index contributed by atoms with van der Waals surface area (Å²) >= 11 is 1.54. The predicted octanol–water partition coefficient (Wildman–Crippen LogP) is 3.72. The molecule has 7 nitrogen and oxygen atoms in total. The van der Waals surface area contributed by atoms with Crippen molar-refractivity contribution in [3.8, 4) is 16.3 Å². The van der Waals surface area contributed by atoms with Crippen LogP contribution in [0.25, 0.3) is 31.8 Å². The average molecular weight is 397 g/mol. The number of aryl methyl sites for hydroxylation is 2. The summed E-state index contributed by atoms with van der Waals surface area (Å²) in [4.78, 5) is 8.19. The number of hydrogen-bond acceptors (Lipinski definition) is 6. The summed E-state index contributed by atoms with van der Waals surface area (Å²) in [5.74, 6) is 0.252. The fourth-order valence-corrected chi connectivity index (χ4v) is 5.08. The maximum atomic E-state index is 10.7. The van der Waals surface area contributed by atoms with Gasteiger partial charge in [-0.2, -0.15) is 10.2 Å². The number of fused-ring (bicyclic) bond motifs is 2. The van der Waals surface area contributed by atoms with Crippen LogP contribution in [0, 0.1) is 6.92 Å². The van der Waals surface area contributed by atoms with E-state index in [-0.39, 0.29) is 5.75 Å². The Bertz CT molecular complexity index is 1130. The lowest BCUT2D eigenvalue weighted by Gasteiger charge is -2.30. The number of nitrogens with zero attached hydrogens (tertiary/aromatic N) is 6. The third-order valence-corrected chi connectivity index (χ3v) is 6.82. The van der Waals surface area contributed by atoms with Gasteiger partial charge < -0.3 is 10.0 Å². The molecule has 28 heavy (non-hydrogen) atoms. The van der Waals surface area contributed by atoms with Crippen LogP contribution in [-0.4, -0.2) is 54.2 Å². The fraction of sp³-hybridized carbons (Fsp3) is 0.450. The summed E-state index contributed by atoms with van der Waals surface area (Å²) in [6, 6.07) is 2.42. The van der Waals surface area contributed by atoms with Crippen molar-refractivity contribution in [1.82, 2.24) is 29.4 Å². The molecule has 1 fully saturated rings. The lowest BCUT2D eigenvalue weighted by molar-refractivity contribution is 0.188. The summed E-state index contributed by atoms with van der Waals surface area (Å²) in [7, 11) is 1.89. The van der Waals surface area contributed by atoms with Gasteiger partial charge in [-0.05, 0) is 32.4 Å². The Morgan fingerprint density at radius 1 is 1.21 bits per heavy atom. The molecule has 0 unspecified atom stereocenters. The highest BCUT2D eigenvalue weighted by Gasteiger charge is 2.22. The fourth-order valence-electron chi connectivity index (χ4n) is 4.15. The first-order valence-corrected chi connectivity index (χ1v) is 10.6. The lowest BCUT2D eigenvalue weighted by atomic mass is 10.1. The molecular weight excluding hydrogens is 372 g/mol. The van der Waals surface area contributed by atoms with Crippen molar-refractivity contribution < 1.29 is 5.11 Å². The zero-order valence-electron chi connectivity index (χ0n) is 16.4. The number of aromatic hydroxyl groups is 1. The third-order valence-electron chi connectivity index (χ3n) is 5.83. The summed E-state index contributed by atoms with van der Waals surface area (Å²) < 4.78 is 3.87. The summed E-state index contributed by atoms with van der Waals surface area (Å²) in [5, 5.41) is 21.8. The maximum Gasteiger partial charge on any atom is 0.166 e. The number of rotatable bonds is 3.